The highest BCUT2D eigenvalue weighted by molar-refractivity contribution is 5.90. The highest BCUT2D eigenvalue weighted by Gasteiger charge is 2.54. The van der Waals surface area contributed by atoms with Crippen LogP contribution in [-0.2, 0) is 30.2 Å². The molecule has 2 aliphatic heterocycles. The number of aliphatic hydroxyl groups excluding tert-OH is 4. The molecule has 2 fully saturated rings. The Balaban J connectivity index is 1.44. The maximum Gasteiger partial charge on any atom is 0.330 e. The lowest BCUT2D eigenvalue weighted by molar-refractivity contribution is -0.232. The van der Waals surface area contributed by atoms with Crippen molar-refractivity contribution in [3.8, 4) is 0 Å². The van der Waals surface area contributed by atoms with E-state index in [4.69, 9.17) is 25.7 Å². The van der Waals surface area contributed by atoms with Crippen LogP contribution in [0.5, 0.6) is 0 Å². The molecule has 10 N–H and O–H groups in total. The number of H-pyrrole nitrogens is 1. The van der Waals surface area contributed by atoms with Crippen molar-refractivity contribution < 1.29 is 44.2 Å². The molecular formula is C34H52N6O11. The van der Waals surface area contributed by atoms with Gasteiger partial charge >= 0.3 is 5.69 Å². The van der Waals surface area contributed by atoms with Gasteiger partial charge in [0.2, 0.25) is 11.8 Å². The fraction of sp³-hybridized carbons (Fsp3) is 0.647. The topological polar surface area (TPSA) is 265 Å². The van der Waals surface area contributed by atoms with Gasteiger partial charge in [-0.1, -0.05) is 44.7 Å². The molecule has 3 heterocycles. The maximum absolute atomic E-state index is 13.0. The number of likely N-dealkylation sites (N-methyl/N-ethyl adjacent to an activating group) is 1. The third kappa shape index (κ3) is 10.3. The number of nitrogens with two attached hydrogens (primary N) is 2. The molecule has 5 unspecified atom stereocenters. The number of benzene rings is 1. The first-order valence-corrected chi connectivity index (χ1v) is 17.4. The minimum absolute atomic E-state index is 0.0772. The zero-order valence-corrected chi connectivity index (χ0v) is 29.0. The molecule has 17 nitrogen and oxygen atoms in total. The number of hydrogen-bond acceptors (Lipinski definition) is 13. The third-order valence-corrected chi connectivity index (χ3v) is 9.37. The van der Waals surface area contributed by atoms with E-state index in [0.29, 0.717) is 5.69 Å². The van der Waals surface area contributed by atoms with Crippen molar-refractivity contribution in [1.29, 1.82) is 0 Å². The molecule has 0 saturated carbocycles. The smallest absolute Gasteiger partial charge is 0.330 e. The number of rotatable bonds is 19. The number of nitrogens with zero attached hydrogens (tertiary/aromatic N) is 2. The molecular weight excluding hydrogens is 668 g/mol. The first-order valence-electron chi connectivity index (χ1n) is 17.4. The number of unbranched alkanes of at least 4 members (excludes halogenated alkanes) is 4. The van der Waals surface area contributed by atoms with Crippen molar-refractivity contribution in [3.05, 3.63) is 62.9 Å². The normalized spacial score (nSPS) is 27.5. The highest BCUT2D eigenvalue weighted by Crippen LogP contribution is 2.35. The minimum Gasteiger partial charge on any atom is -0.387 e. The number of nitrogens with one attached hydrogen (secondary N) is 2. The molecule has 1 aromatic carbocycles. The molecule has 0 spiro atoms. The number of amides is 2. The van der Waals surface area contributed by atoms with Crippen molar-refractivity contribution >= 4 is 17.5 Å². The second-order valence-electron chi connectivity index (χ2n) is 13.2. The summed E-state index contributed by atoms with van der Waals surface area (Å²) in [6, 6.07) is 7.31. The Morgan fingerprint density at radius 3 is 2.31 bits per heavy atom. The minimum atomic E-state index is -1.78. The first kappa shape index (κ1) is 40.3. The second kappa shape index (κ2) is 18.8. The summed E-state index contributed by atoms with van der Waals surface area (Å²) >= 11 is 0. The van der Waals surface area contributed by atoms with Crippen LogP contribution in [0.15, 0.2) is 46.1 Å². The summed E-state index contributed by atoms with van der Waals surface area (Å²) in [5.41, 5.74) is 11.7. The molecule has 1 aromatic heterocycles. The van der Waals surface area contributed by atoms with Crippen LogP contribution >= 0.6 is 0 Å². The zero-order valence-electron chi connectivity index (χ0n) is 29.0. The molecule has 0 bridgehead atoms. The van der Waals surface area contributed by atoms with Crippen molar-refractivity contribution in [3.63, 3.8) is 0 Å². The van der Waals surface area contributed by atoms with Crippen LogP contribution in [0, 0.1) is 0 Å². The number of aromatic amines is 1. The van der Waals surface area contributed by atoms with Crippen LogP contribution in [0.2, 0.25) is 0 Å². The van der Waals surface area contributed by atoms with Gasteiger partial charge < -0.3 is 51.4 Å². The van der Waals surface area contributed by atoms with Gasteiger partial charge in [0.25, 0.3) is 5.56 Å². The predicted molar refractivity (Wildman–Crippen MR) is 184 cm³/mol. The number of ether oxygens (including phenoxy) is 3. The van der Waals surface area contributed by atoms with Crippen molar-refractivity contribution in [2.75, 3.05) is 25.5 Å². The van der Waals surface area contributed by atoms with Crippen LogP contribution in [-0.4, -0.2) is 122 Å². The van der Waals surface area contributed by atoms with Gasteiger partial charge in [-0.05, 0) is 50.6 Å². The molecule has 4 rings (SSSR count). The number of aliphatic hydroxyl groups is 4. The summed E-state index contributed by atoms with van der Waals surface area (Å²) in [5, 5.41) is 46.0. The second-order valence-corrected chi connectivity index (χ2v) is 13.2. The number of carbonyl (C=O) groups is 2. The molecule has 2 aromatic rings. The first-order chi connectivity index (χ1) is 24.4. The van der Waals surface area contributed by atoms with Crippen molar-refractivity contribution in [2.45, 2.75) is 120 Å². The van der Waals surface area contributed by atoms with Crippen LogP contribution in [0.1, 0.15) is 63.7 Å². The lowest BCUT2D eigenvalue weighted by atomic mass is 9.97. The van der Waals surface area contributed by atoms with E-state index in [2.05, 4.69) is 12.2 Å². The van der Waals surface area contributed by atoms with Crippen LogP contribution in [0.4, 0.5) is 5.69 Å². The van der Waals surface area contributed by atoms with E-state index in [1.165, 1.54) is 43.2 Å². The molecule has 0 aliphatic carbocycles. The van der Waals surface area contributed by atoms with E-state index in [9.17, 15) is 39.6 Å². The van der Waals surface area contributed by atoms with Gasteiger partial charge in [0.15, 0.2) is 12.5 Å². The Hall–Kier alpha value is -3.52. The molecule has 17 heteroatoms. The molecule has 0 radical (unpaired) electrons. The lowest BCUT2D eigenvalue weighted by Gasteiger charge is -2.37. The number of aryl methyl sites for hydroxylation is 1. The van der Waals surface area contributed by atoms with E-state index in [1.807, 2.05) is 29.2 Å². The quantitative estimate of drug-likeness (QED) is 0.0783. The van der Waals surface area contributed by atoms with E-state index < -0.39 is 78.4 Å². The number of anilines is 1. The summed E-state index contributed by atoms with van der Waals surface area (Å²) < 4.78 is 18.4. The molecule has 2 saturated heterocycles. The number of hydrogen-bond donors (Lipinski definition) is 8. The van der Waals surface area contributed by atoms with Gasteiger partial charge in [0.1, 0.15) is 48.8 Å². The van der Waals surface area contributed by atoms with Gasteiger partial charge in [0, 0.05) is 30.9 Å². The SMILES string of the molecule is CCCCCCCc1ccc(NC(=O)CCCN(C)[C@H](C(N)=O)[C@H](OC2O[C@H](CN)[C@@H](O)[C@H]2O)C2OC(n3ccc(=O)[nH]c3=O)C(O)C2O)cc1. The van der Waals surface area contributed by atoms with Gasteiger partial charge in [-0.3, -0.25) is 28.8 Å². The maximum atomic E-state index is 13.0. The monoisotopic (exact) mass is 720 g/mol. The number of primary amides is 1. The largest absolute Gasteiger partial charge is 0.387 e. The van der Waals surface area contributed by atoms with E-state index in [0.717, 1.165) is 29.7 Å². The highest BCUT2D eigenvalue weighted by atomic mass is 16.7. The fourth-order valence-corrected chi connectivity index (χ4v) is 6.49. The predicted octanol–water partition coefficient (Wildman–Crippen LogP) is -1.34. The van der Waals surface area contributed by atoms with Gasteiger partial charge in [-0.15, -0.1) is 0 Å². The Morgan fingerprint density at radius 2 is 1.69 bits per heavy atom. The fourth-order valence-electron chi connectivity index (χ4n) is 6.49. The Morgan fingerprint density at radius 1 is 0.980 bits per heavy atom. The summed E-state index contributed by atoms with van der Waals surface area (Å²) in [4.78, 5) is 53.5. The molecule has 51 heavy (non-hydrogen) atoms. The Kier molecular flexibility index (Phi) is 14.9. The van der Waals surface area contributed by atoms with Gasteiger partial charge in [-0.2, -0.15) is 0 Å². The zero-order chi connectivity index (χ0) is 37.2. The molecule has 10 atom stereocenters. The summed E-state index contributed by atoms with van der Waals surface area (Å²) in [7, 11) is 1.52. The Labute approximate surface area is 295 Å². The number of carbonyl (C=O) groups excluding carboxylic acids is 2. The van der Waals surface area contributed by atoms with E-state index >= 15 is 0 Å². The van der Waals surface area contributed by atoms with Gasteiger partial charge in [-0.25, -0.2) is 4.79 Å². The summed E-state index contributed by atoms with van der Waals surface area (Å²) in [5.74, 6) is -1.20. The standard InChI is InChI=1S/C34H52N6O11/c1-3-4-5-6-7-9-19-11-13-20(14-12-19)37-22(41)10-8-16-39(2)24(31(36)47)29(51-33-28(46)25(43)21(18-35)49-33)30-26(44)27(45)32(50-30)40-17-15-23(42)38-34(40)48/h11-15,17,21,24-30,32-33,43-46H,3-10,16,18,35H2,1-2H3,(H2,36,47)(H,37,41)(H,38,42,48)/t21-,24+,25-,26?,27?,28-,29+,30?,32?,33?/m1/s1. The van der Waals surface area contributed by atoms with Gasteiger partial charge in [0.05, 0.1) is 0 Å². The number of aromatic nitrogens is 2. The Bertz CT molecular complexity index is 1540. The van der Waals surface area contributed by atoms with Crippen molar-refractivity contribution in [2.24, 2.45) is 11.5 Å². The van der Waals surface area contributed by atoms with Crippen LogP contribution < -0.4 is 28.0 Å². The average molecular weight is 721 g/mol. The third-order valence-electron chi connectivity index (χ3n) is 9.37. The molecule has 284 valence electrons. The molecule has 2 amide bonds. The van der Waals surface area contributed by atoms with Crippen molar-refractivity contribution in [1.82, 2.24) is 14.5 Å². The van der Waals surface area contributed by atoms with E-state index in [-0.39, 0.29) is 31.8 Å². The average Bonchev–Trinajstić information content (AvgIpc) is 3.53. The van der Waals surface area contributed by atoms with Crippen LogP contribution in [0.3, 0.4) is 0 Å². The summed E-state index contributed by atoms with van der Waals surface area (Å²) in [6.07, 6.45) is -5.47. The summed E-state index contributed by atoms with van der Waals surface area (Å²) in [6.45, 7) is 2.13. The van der Waals surface area contributed by atoms with Crippen LogP contribution in [0.25, 0.3) is 0 Å². The molecule has 2 aliphatic rings. The lowest BCUT2D eigenvalue weighted by Crippen LogP contribution is -2.59. The van der Waals surface area contributed by atoms with E-state index in [1.54, 1.807) is 0 Å².